The molecule has 8 nitrogen and oxygen atoms in total. The number of carbonyl (C=O) groups excluding carboxylic acids is 1. The topological polar surface area (TPSA) is 99.8 Å². The van der Waals surface area contributed by atoms with Gasteiger partial charge in [0.25, 0.3) is 5.91 Å². The Morgan fingerprint density at radius 1 is 1.55 bits per heavy atom. The predicted molar refractivity (Wildman–Crippen MR) is 78.3 cm³/mol. The molecule has 118 valence electrons. The molecule has 0 radical (unpaired) electrons. The lowest BCUT2D eigenvalue weighted by atomic mass is 10.2. The van der Waals surface area contributed by atoms with Crippen molar-refractivity contribution in [3.8, 4) is 0 Å². The zero-order valence-corrected chi connectivity index (χ0v) is 12.8. The Hall–Kier alpha value is -2.22. The molecule has 8 heteroatoms. The molecule has 0 aliphatic carbocycles. The number of amides is 1. The zero-order valence-electron chi connectivity index (χ0n) is 12.8. The van der Waals surface area contributed by atoms with Gasteiger partial charge in [0.05, 0.1) is 19.3 Å². The van der Waals surface area contributed by atoms with E-state index in [9.17, 15) is 4.79 Å². The molecule has 0 bridgehead atoms. The van der Waals surface area contributed by atoms with Crippen LogP contribution in [0.2, 0.25) is 0 Å². The van der Waals surface area contributed by atoms with Gasteiger partial charge in [0.1, 0.15) is 23.4 Å². The summed E-state index contributed by atoms with van der Waals surface area (Å²) in [6, 6.07) is 0. The van der Waals surface area contributed by atoms with E-state index in [1.165, 1.54) is 0 Å². The number of morpholine rings is 1. The van der Waals surface area contributed by atoms with Gasteiger partial charge < -0.3 is 14.6 Å². The molecule has 0 saturated carbocycles. The number of hydrogen-bond donors (Lipinski definition) is 2. The zero-order chi connectivity index (χ0) is 15.5. The lowest BCUT2D eigenvalue weighted by Crippen LogP contribution is -2.42. The fourth-order valence-electron chi connectivity index (χ4n) is 2.49. The molecule has 1 atom stereocenters. The molecule has 22 heavy (non-hydrogen) atoms. The number of rotatable bonds is 4. The first-order valence-corrected chi connectivity index (χ1v) is 7.51. The highest BCUT2D eigenvalue weighted by Gasteiger charge is 2.29. The van der Waals surface area contributed by atoms with Gasteiger partial charge in [-0.3, -0.25) is 9.89 Å². The molecule has 1 aliphatic rings. The van der Waals surface area contributed by atoms with Gasteiger partial charge in [-0.2, -0.15) is 5.10 Å². The van der Waals surface area contributed by atoms with Crippen LogP contribution in [0.3, 0.4) is 0 Å². The largest absolute Gasteiger partial charge is 0.366 e. The molecule has 1 aliphatic heterocycles. The van der Waals surface area contributed by atoms with Gasteiger partial charge in [-0.1, -0.05) is 6.92 Å². The normalized spacial score (nSPS) is 18.6. The Morgan fingerprint density at radius 3 is 3.14 bits per heavy atom. The minimum atomic E-state index is -0.288. The summed E-state index contributed by atoms with van der Waals surface area (Å²) >= 11 is 0. The first kappa shape index (κ1) is 14.7. The number of aromatic amines is 2. The quantitative estimate of drug-likeness (QED) is 0.878. The second-order valence-electron chi connectivity index (χ2n) is 5.38. The Labute approximate surface area is 128 Å². The van der Waals surface area contributed by atoms with Crippen molar-refractivity contribution in [1.29, 1.82) is 0 Å². The highest BCUT2D eigenvalue weighted by molar-refractivity contribution is 5.92. The van der Waals surface area contributed by atoms with Crippen molar-refractivity contribution >= 4 is 5.91 Å². The van der Waals surface area contributed by atoms with Gasteiger partial charge in [0.2, 0.25) is 0 Å². The molecule has 0 aromatic carbocycles. The lowest BCUT2D eigenvalue weighted by Gasteiger charge is -2.31. The van der Waals surface area contributed by atoms with Crippen LogP contribution in [0.1, 0.15) is 47.4 Å². The average molecular weight is 304 g/mol. The minimum absolute atomic E-state index is 0.0711. The maximum absolute atomic E-state index is 12.4. The van der Waals surface area contributed by atoms with E-state index >= 15 is 0 Å². The first-order valence-electron chi connectivity index (χ1n) is 7.51. The van der Waals surface area contributed by atoms with Gasteiger partial charge in [-0.15, -0.1) is 0 Å². The summed E-state index contributed by atoms with van der Waals surface area (Å²) in [5, 5.41) is 7.13. The van der Waals surface area contributed by atoms with Crippen LogP contribution in [0.5, 0.6) is 0 Å². The van der Waals surface area contributed by atoms with E-state index in [-0.39, 0.29) is 12.0 Å². The highest BCUT2D eigenvalue weighted by Crippen LogP contribution is 2.20. The van der Waals surface area contributed by atoms with Gasteiger partial charge in [-0.05, 0) is 13.3 Å². The number of aromatic nitrogens is 5. The summed E-state index contributed by atoms with van der Waals surface area (Å²) in [5.74, 6) is 2.13. The van der Waals surface area contributed by atoms with Crippen LogP contribution < -0.4 is 0 Å². The number of carbonyl (C=O) groups is 1. The number of nitrogens with zero attached hydrogens (tertiary/aromatic N) is 4. The Balaban J connectivity index is 1.69. The minimum Gasteiger partial charge on any atom is -0.366 e. The van der Waals surface area contributed by atoms with Crippen LogP contribution in [-0.4, -0.2) is 55.7 Å². The summed E-state index contributed by atoms with van der Waals surface area (Å²) < 4.78 is 5.71. The van der Waals surface area contributed by atoms with Crippen molar-refractivity contribution in [2.75, 3.05) is 19.7 Å². The molecule has 1 amide bonds. The van der Waals surface area contributed by atoms with E-state index in [1.54, 1.807) is 11.1 Å². The molecular formula is C14H20N6O2. The van der Waals surface area contributed by atoms with E-state index in [4.69, 9.17) is 4.74 Å². The maximum atomic E-state index is 12.4. The first-order chi connectivity index (χ1) is 10.7. The second kappa shape index (κ2) is 6.27. The van der Waals surface area contributed by atoms with Crippen LogP contribution in [0.15, 0.2) is 6.20 Å². The highest BCUT2D eigenvalue weighted by atomic mass is 16.5. The summed E-state index contributed by atoms with van der Waals surface area (Å²) in [5.41, 5.74) is 0.500. The Bertz CT molecular complexity index is 649. The van der Waals surface area contributed by atoms with Crippen molar-refractivity contribution in [2.45, 2.75) is 32.8 Å². The molecule has 1 fully saturated rings. The van der Waals surface area contributed by atoms with Gasteiger partial charge in [-0.25, -0.2) is 9.97 Å². The molecule has 2 aromatic rings. The number of imidazole rings is 1. The predicted octanol–water partition coefficient (Wildman–Crippen LogP) is 1.00. The standard InChI is InChI=1S/C14H20N6O2/c1-3-4-12-17-13(19-18-12)11-8-20(5-6-22-11)14(21)10-7-15-9(2)16-10/h7,11H,3-6,8H2,1-2H3,(H,15,16)(H,17,18,19)/t11-/m1/s1. The number of nitrogens with one attached hydrogen (secondary N) is 2. The maximum Gasteiger partial charge on any atom is 0.272 e. The van der Waals surface area contributed by atoms with Crippen LogP contribution in [0, 0.1) is 6.92 Å². The molecule has 3 rings (SSSR count). The van der Waals surface area contributed by atoms with Gasteiger partial charge in [0, 0.05) is 13.0 Å². The Morgan fingerprint density at radius 2 is 2.41 bits per heavy atom. The van der Waals surface area contributed by atoms with Gasteiger partial charge >= 0.3 is 0 Å². The second-order valence-corrected chi connectivity index (χ2v) is 5.38. The third-order valence-corrected chi connectivity index (χ3v) is 3.61. The van der Waals surface area contributed by atoms with Crippen molar-refractivity contribution in [3.05, 3.63) is 29.4 Å². The molecule has 3 heterocycles. The monoisotopic (exact) mass is 304 g/mol. The van der Waals surface area contributed by atoms with Crippen LogP contribution >= 0.6 is 0 Å². The number of H-pyrrole nitrogens is 2. The van der Waals surface area contributed by atoms with Crippen molar-refractivity contribution in [1.82, 2.24) is 30.0 Å². The molecule has 0 unspecified atom stereocenters. The van der Waals surface area contributed by atoms with E-state index in [0.717, 1.165) is 24.5 Å². The van der Waals surface area contributed by atoms with E-state index < -0.39 is 0 Å². The fraction of sp³-hybridized carbons (Fsp3) is 0.571. The third kappa shape index (κ3) is 3.01. The van der Waals surface area contributed by atoms with Crippen LogP contribution in [0.25, 0.3) is 0 Å². The number of hydrogen-bond acceptors (Lipinski definition) is 5. The fourth-order valence-corrected chi connectivity index (χ4v) is 2.49. The van der Waals surface area contributed by atoms with Crippen molar-refractivity contribution in [2.24, 2.45) is 0 Å². The third-order valence-electron chi connectivity index (χ3n) is 3.61. The molecule has 0 spiro atoms. The Kier molecular flexibility index (Phi) is 4.19. The number of ether oxygens (including phenoxy) is 1. The van der Waals surface area contributed by atoms with Crippen molar-refractivity contribution < 1.29 is 9.53 Å². The smallest absolute Gasteiger partial charge is 0.272 e. The van der Waals surface area contributed by atoms with E-state index in [1.807, 2.05) is 6.92 Å². The summed E-state index contributed by atoms with van der Waals surface area (Å²) in [6.45, 7) is 5.38. The average Bonchev–Trinajstić information content (AvgIpc) is 3.16. The molecule has 2 N–H and O–H groups in total. The SMILES string of the molecule is CCCc1nc([C@H]2CN(C(=O)c3cnc(C)[nH]3)CCO2)n[nH]1. The van der Waals surface area contributed by atoms with Crippen LogP contribution in [-0.2, 0) is 11.2 Å². The molecular weight excluding hydrogens is 284 g/mol. The summed E-state index contributed by atoms with van der Waals surface area (Å²) in [6.07, 6.45) is 3.14. The van der Waals surface area contributed by atoms with E-state index in [0.29, 0.717) is 31.2 Å². The van der Waals surface area contributed by atoms with Crippen LogP contribution in [0.4, 0.5) is 0 Å². The molecule has 2 aromatic heterocycles. The lowest BCUT2D eigenvalue weighted by molar-refractivity contribution is -0.0268. The molecule has 1 saturated heterocycles. The van der Waals surface area contributed by atoms with Gasteiger partial charge in [0.15, 0.2) is 5.82 Å². The van der Waals surface area contributed by atoms with E-state index in [2.05, 4.69) is 32.1 Å². The number of aryl methyl sites for hydroxylation is 2. The summed E-state index contributed by atoms with van der Waals surface area (Å²) in [7, 11) is 0. The summed E-state index contributed by atoms with van der Waals surface area (Å²) in [4.78, 5) is 25.7. The van der Waals surface area contributed by atoms with Crippen molar-refractivity contribution in [3.63, 3.8) is 0 Å².